The molecule has 19 heavy (non-hydrogen) atoms. The molecule has 0 saturated heterocycles. The Morgan fingerprint density at radius 1 is 1.47 bits per heavy atom. The van der Waals surface area contributed by atoms with E-state index < -0.39 is 4.92 Å². The van der Waals surface area contributed by atoms with Crippen LogP contribution < -0.4 is 5.32 Å². The molecule has 0 atom stereocenters. The molecule has 8 nitrogen and oxygen atoms in total. The second kappa shape index (κ2) is 5.25. The number of anilines is 1. The molecule has 98 valence electrons. The molecule has 0 aliphatic heterocycles. The Hall–Kier alpha value is -2.77. The third-order valence-electron chi connectivity index (χ3n) is 2.28. The number of rotatable bonds is 4. The first-order valence-electron chi connectivity index (χ1n) is 5.46. The zero-order valence-electron chi connectivity index (χ0n) is 10.1. The van der Waals surface area contributed by atoms with Gasteiger partial charge in [-0.2, -0.15) is 4.68 Å². The highest BCUT2D eigenvalue weighted by Crippen LogP contribution is 2.06. The molecule has 0 fully saturated rings. The number of nitrogens with zero attached hydrogens (tertiary/aromatic N) is 4. The van der Waals surface area contributed by atoms with Crippen LogP contribution in [-0.2, 0) is 11.3 Å². The number of aromatic nitrogens is 3. The molecule has 0 radical (unpaired) electrons. The normalized spacial score (nSPS) is 10.2. The number of carbonyl (C=O) groups is 1. The van der Waals surface area contributed by atoms with Crippen molar-refractivity contribution < 1.29 is 9.72 Å². The van der Waals surface area contributed by atoms with Crippen molar-refractivity contribution in [1.29, 1.82) is 0 Å². The topological polar surface area (TPSA) is 103 Å². The number of aryl methyl sites for hydroxylation is 1. The molecule has 0 aromatic carbocycles. The average Bonchev–Trinajstić information content (AvgIpc) is 2.77. The van der Waals surface area contributed by atoms with Crippen LogP contribution in [0, 0.1) is 17.0 Å². The predicted octanol–water partition coefficient (Wildman–Crippen LogP) is 1.13. The lowest BCUT2D eigenvalue weighted by molar-refractivity contribution is -0.389. The zero-order chi connectivity index (χ0) is 13.8. The van der Waals surface area contributed by atoms with Gasteiger partial charge in [-0.3, -0.25) is 4.79 Å². The van der Waals surface area contributed by atoms with E-state index in [0.717, 1.165) is 5.69 Å². The van der Waals surface area contributed by atoms with Gasteiger partial charge in [-0.1, -0.05) is 6.07 Å². The van der Waals surface area contributed by atoms with Crippen LogP contribution in [0.15, 0.2) is 30.5 Å². The van der Waals surface area contributed by atoms with Gasteiger partial charge in [0.25, 0.3) is 0 Å². The fourth-order valence-corrected chi connectivity index (χ4v) is 1.48. The highest BCUT2D eigenvalue weighted by molar-refractivity contribution is 5.89. The van der Waals surface area contributed by atoms with Gasteiger partial charge in [-0.15, -0.1) is 0 Å². The van der Waals surface area contributed by atoms with Crippen LogP contribution in [0.3, 0.4) is 0 Å². The minimum Gasteiger partial charge on any atom is -0.358 e. The van der Waals surface area contributed by atoms with Crippen molar-refractivity contribution in [3.63, 3.8) is 0 Å². The smallest absolute Gasteiger partial charge is 0.358 e. The SMILES string of the molecule is Cc1cccc(NC(=O)Cn2ccc([N+](=O)[O-])n2)n1. The molecule has 2 aromatic rings. The van der Waals surface area contributed by atoms with E-state index in [1.165, 1.54) is 16.9 Å². The van der Waals surface area contributed by atoms with E-state index in [1.807, 2.05) is 13.0 Å². The Morgan fingerprint density at radius 2 is 2.26 bits per heavy atom. The lowest BCUT2D eigenvalue weighted by Gasteiger charge is -2.03. The average molecular weight is 261 g/mol. The standard InChI is InChI=1S/C11H11N5O3/c1-8-3-2-4-9(12-8)13-11(17)7-15-6-5-10(14-15)16(18)19/h2-6H,7H2,1H3,(H,12,13,17). The summed E-state index contributed by atoms with van der Waals surface area (Å²) < 4.78 is 1.20. The molecule has 2 heterocycles. The van der Waals surface area contributed by atoms with Crippen molar-refractivity contribution in [2.24, 2.45) is 0 Å². The van der Waals surface area contributed by atoms with Gasteiger partial charge in [0.1, 0.15) is 12.4 Å². The van der Waals surface area contributed by atoms with Gasteiger partial charge in [-0.05, 0) is 24.0 Å². The monoisotopic (exact) mass is 261 g/mol. The Balaban J connectivity index is 1.99. The Morgan fingerprint density at radius 3 is 2.89 bits per heavy atom. The maximum absolute atomic E-state index is 11.7. The van der Waals surface area contributed by atoms with Gasteiger partial charge in [0.2, 0.25) is 5.91 Å². The third-order valence-corrected chi connectivity index (χ3v) is 2.28. The van der Waals surface area contributed by atoms with E-state index in [4.69, 9.17) is 0 Å². The summed E-state index contributed by atoms with van der Waals surface area (Å²) in [6.07, 6.45) is 1.38. The maximum Gasteiger partial charge on any atom is 0.389 e. The molecule has 1 amide bonds. The summed E-state index contributed by atoms with van der Waals surface area (Å²) in [5.74, 6) is -0.204. The van der Waals surface area contributed by atoms with Gasteiger partial charge < -0.3 is 15.4 Å². The predicted molar refractivity (Wildman–Crippen MR) is 66.5 cm³/mol. The van der Waals surface area contributed by atoms with E-state index in [-0.39, 0.29) is 18.3 Å². The molecule has 2 rings (SSSR count). The molecule has 8 heteroatoms. The first-order valence-corrected chi connectivity index (χ1v) is 5.46. The highest BCUT2D eigenvalue weighted by atomic mass is 16.6. The Labute approximate surface area is 108 Å². The molecule has 0 aliphatic rings. The van der Waals surface area contributed by atoms with Crippen molar-refractivity contribution in [1.82, 2.24) is 14.8 Å². The number of pyridine rings is 1. The second-order valence-electron chi connectivity index (χ2n) is 3.84. The maximum atomic E-state index is 11.7. The molecular formula is C11H11N5O3. The summed E-state index contributed by atoms with van der Waals surface area (Å²) in [4.78, 5) is 25.6. The zero-order valence-corrected chi connectivity index (χ0v) is 10.1. The molecule has 0 unspecified atom stereocenters. The summed E-state index contributed by atoms with van der Waals surface area (Å²) in [6.45, 7) is 1.70. The van der Waals surface area contributed by atoms with Gasteiger partial charge >= 0.3 is 5.82 Å². The van der Waals surface area contributed by atoms with Crippen LogP contribution in [0.2, 0.25) is 0 Å². The van der Waals surface area contributed by atoms with Crippen LogP contribution in [0.25, 0.3) is 0 Å². The van der Waals surface area contributed by atoms with E-state index in [9.17, 15) is 14.9 Å². The van der Waals surface area contributed by atoms with Crippen molar-refractivity contribution >= 4 is 17.5 Å². The Bertz CT molecular complexity index is 622. The molecule has 2 aromatic heterocycles. The van der Waals surface area contributed by atoms with Crippen LogP contribution in [-0.4, -0.2) is 25.6 Å². The van der Waals surface area contributed by atoms with E-state index in [1.54, 1.807) is 12.1 Å². The number of amides is 1. The number of hydrogen-bond donors (Lipinski definition) is 1. The molecule has 0 bridgehead atoms. The molecule has 0 saturated carbocycles. The van der Waals surface area contributed by atoms with Crippen LogP contribution in [0.1, 0.15) is 5.69 Å². The van der Waals surface area contributed by atoms with Gasteiger partial charge in [0.15, 0.2) is 0 Å². The second-order valence-corrected chi connectivity index (χ2v) is 3.84. The fraction of sp³-hybridized carbons (Fsp3) is 0.182. The lowest BCUT2D eigenvalue weighted by Crippen LogP contribution is -2.19. The molecular weight excluding hydrogens is 250 g/mol. The quantitative estimate of drug-likeness (QED) is 0.656. The van der Waals surface area contributed by atoms with Gasteiger partial charge in [-0.25, -0.2) is 4.98 Å². The summed E-state index contributed by atoms with van der Waals surface area (Å²) in [7, 11) is 0. The van der Waals surface area contributed by atoms with E-state index in [2.05, 4.69) is 15.4 Å². The van der Waals surface area contributed by atoms with Crippen LogP contribution >= 0.6 is 0 Å². The number of nitrogens with one attached hydrogen (secondary N) is 1. The number of carbonyl (C=O) groups excluding carboxylic acids is 1. The van der Waals surface area contributed by atoms with Crippen molar-refractivity contribution in [3.8, 4) is 0 Å². The highest BCUT2D eigenvalue weighted by Gasteiger charge is 2.13. The summed E-state index contributed by atoms with van der Waals surface area (Å²) in [5, 5.41) is 16.7. The lowest BCUT2D eigenvalue weighted by atomic mass is 10.4. The molecule has 0 spiro atoms. The summed E-state index contributed by atoms with van der Waals surface area (Å²) >= 11 is 0. The number of hydrogen-bond acceptors (Lipinski definition) is 5. The third kappa shape index (κ3) is 3.35. The number of nitro groups is 1. The summed E-state index contributed by atoms with van der Waals surface area (Å²) in [6, 6.07) is 6.48. The molecule has 1 N–H and O–H groups in total. The van der Waals surface area contributed by atoms with Crippen LogP contribution in [0.5, 0.6) is 0 Å². The first kappa shape index (κ1) is 12.7. The van der Waals surface area contributed by atoms with Gasteiger partial charge in [0.05, 0.1) is 17.4 Å². The van der Waals surface area contributed by atoms with Crippen molar-refractivity contribution in [3.05, 3.63) is 46.3 Å². The minimum absolute atomic E-state index is 0.108. The fourth-order valence-electron chi connectivity index (χ4n) is 1.48. The van der Waals surface area contributed by atoms with Crippen molar-refractivity contribution in [2.45, 2.75) is 13.5 Å². The van der Waals surface area contributed by atoms with E-state index >= 15 is 0 Å². The molecule has 0 aliphatic carbocycles. The minimum atomic E-state index is -0.615. The first-order chi connectivity index (χ1) is 9.04. The van der Waals surface area contributed by atoms with E-state index in [0.29, 0.717) is 5.82 Å². The van der Waals surface area contributed by atoms with Gasteiger partial charge in [0, 0.05) is 5.69 Å². The van der Waals surface area contributed by atoms with Crippen LogP contribution in [0.4, 0.5) is 11.6 Å². The largest absolute Gasteiger partial charge is 0.389 e. The van der Waals surface area contributed by atoms with Crippen molar-refractivity contribution in [2.75, 3.05) is 5.32 Å². The summed E-state index contributed by atoms with van der Waals surface area (Å²) in [5.41, 5.74) is 0.785. The Kier molecular flexibility index (Phi) is 3.51.